The van der Waals surface area contributed by atoms with Crippen LogP contribution in [0.2, 0.25) is 10.0 Å². The summed E-state index contributed by atoms with van der Waals surface area (Å²) >= 11 is 16.8. The molecule has 0 saturated heterocycles. The summed E-state index contributed by atoms with van der Waals surface area (Å²) in [6, 6.07) is 4.65. The number of carbonyl (C=O) groups is 1. The summed E-state index contributed by atoms with van der Waals surface area (Å²) < 4.78 is 0. The summed E-state index contributed by atoms with van der Waals surface area (Å²) in [5.74, 6) is -0.369. The topological polar surface area (TPSA) is 44.4 Å². The van der Waals surface area contributed by atoms with Gasteiger partial charge >= 0.3 is 0 Å². The van der Waals surface area contributed by atoms with Gasteiger partial charge in [-0.25, -0.2) is 0 Å². The third-order valence-corrected chi connectivity index (χ3v) is 3.11. The summed E-state index contributed by atoms with van der Waals surface area (Å²) in [6.07, 6.45) is 1.66. The van der Waals surface area contributed by atoms with Gasteiger partial charge in [0.1, 0.15) is 0 Å². The van der Waals surface area contributed by atoms with Crippen molar-refractivity contribution in [3.05, 3.63) is 46.5 Å². The largest absolute Gasteiger partial charge is 0.358 e. The second kappa shape index (κ2) is 7.33. The van der Waals surface area contributed by atoms with Gasteiger partial charge in [-0.15, -0.1) is 6.58 Å². The Bertz CT molecular complexity index is 508. The van der Waals surface area contributed by atoms with E-state index in [0.717, 1.165) is 0 Å². The van der Waals surface area contributed by atoms with Gasteiger partial charge in [-0.2, -0.15) is 0 Å². The van der Waals surface area contributed by atoms with Crippen LogP contribution < -0.4 is 10.7 Å². The normalized spacial score (nSPS) is 9.63. The molecule has 0 radical (unpaired) electrons. The Morgan fingerprint density at radius 3 is 2.79 bits per heavy atom. The summed E-state index contributed by atoms with van der Waals surface area (Å²) in [5, 5.41) is 5.40. The standard InChI is InChI=1S/C12H13Cl2N3OS/c1-3-6-15-12(19)17(2)16-11(18)9-5-4-8(13)7-10(9)14/h3-5,7H,1,6H2,2H3,(H,15,19)(H,16,18). The van der Waals surface area contributed by atoms with E-state index in [1.165, 1.54) is 11.1 Å². The Kier molecular flexibility index (Phi) is 6.08. The van der Waals surface area contributed by atoms with Crippen molar-refractivity contribution in [3.63, 3.8) is 0 Å². The molecule has 19 heavy (non-hydrogen) atoms. The molecule has 0 aliphatic carbocycles. The minimum atomic E-state index is -0.369. The lowest BCUT2D eigenvalue weighted by Gasteiger charge is -2.21. The second-order valence-corrected chi connectivity index (χ2v) is 4.83. The number of hydrogen-bond acceptors (Lipinski definition) is 2. The van der Waals surface area contributed by atoms with Crippen LogP contribution >= 0.6 is 35.4 Å². The van der Waals surface area contributed by atoms with Crippen molar-refractivity contribution in [2.24, 2.45) is 0 Å². The van der Waals surface area contributed by atoms with E-state index in [1.807, 2.05) is 0 Å². The van der Waals surface area contributed by atoms with E-state index in [4.69, 9.17) is 35.4 Å². The first-order valence-corrected chi connectivity index (χ1v) is 6.50. The highest BCUT2D eigenvalue weighted by molar-refractivity contribution is 7.80. The fourth-order valence-corrected chi connectivity index (χ4v) is 1.84. The Balaban J connectivity index is 2.68. The van der Waals surface area contributed by atoms with E-state index in [9.17, 15) is 4.79 Å². The Morgan fingerprint density at radius 2 is 2.21 bits per heavy atom. The first-order chi connectivity index (χ1) is 8.95. The van der Waals surface area contributed by atoms with Gasteiger partial charge in [-0.1, -0.05) is 29.3 Å². The summed E-state index contributed by atoms with van der Waals surface area (Å²) in [6.45, 7) is 4.08. The van der Waals surface area contributed by atoms with Crippen molar-refractivity contribution in [2.75, 3.05) is 13.6 Å². The van der Waals surface area contributed by atoms with E-state index in [2.05, 4.69) is 17.3 Å². The molecule has 0 spiro atoms. The number of nitrogens with one attached hydrogen (secondary N) is 2. The summed E-state index contributed by atoms with van der Waals surface area (Å²) in [4.78, 5) is 12.0. The molecule has 0 saturated carbocycles. The van der Waals surface area contributed by atoms with Gasteiger partial charge < -0.3 is 5.32 Å². The van der Waals surface area contributed by atoms with Crippen LogP contribution in [0.25, 0.3) is 0 Å². The van der Waals surface area contributed by atoms with E-state index >= 15 is 0 Å². The van der Waals surface area contributed by atoms with E-state index in [1.54, 1.807) is 25.3 Å². The Morgan fingerprint density at radius 1 is 1.53 bits per heavy atom. The summed E-state index contributed by atoms with van der Waals surface area (Å²) in [7, 11) is 1.63. The number of halogens is 2. The van der Waals surface area contributed by atoms with Crippen molar-refractivity contribution < 1.29 is 4.79 Å². The molecule has 0 fully saturated rings. The van der Waals surface area contributed by atoms with Crippen molar-refractivity contribution in [1.82, 2.24) is 15.8 Å². The fourth-order valence-electron chi connectivity index (χ4n) is 1.22. The van der Waals surface area contributed by atoms with Crippen molar-refractivity contribution >= 4 is 46.4 Å². The molecule has 0 heterocycles. The molecule has 0 aromatic heterocycles. The predicted octanol–water partition coefficient (Wildman–Crippen LogP) is 2.63. The van der Waals surface area contributed by atoms with Crippen LogP contribution in [0.3, 0.4) is 0 Å². The molecule has 1 amide bonds. The number of carbonyl (C=O) groups excluding carboxylic acids is 1. The monoisotopic (exact) mass is 317 g/mol. The van der Waals surface area contributed by atoms with Crippen LogP contribution in [0.4, 0.5) is 0 Å². The maximum absolute atomic E-state index is 12.0. The third kappa shape index (κ3) is 4.70. The average Bonchev–Trinajstić information content (AvgIpc) is 2.35. The Hall–Kier alpha value is -1.30. The summed E-state index contributed by atoms with van der Waals surface area (Å²) in [5.41, 5.74) is 2.92. The molecule has 1 aromatic carbocycles. The molecule has 2 N–H and O–H groups in total. The highest BCUT2D eigenvalue weighted by atomic mass is 35.5. The molecule has 4 nitrogen and oxygen atoms in total. The molecule has 0 aliphatic rings. The Labute approximate surface area is 127 Å². The van der Waals surface area contributed by atoms with Gasteiger partial charge in [0, 0.05) is 18.6 Å². The zero-order valence-corrected chi connectivity index (χ0v) is 12.6. The number of hydrazine groups is 1. The highest BCUT2D eigenvalue weighted by Crippen LogP contribution is 2.20. The van der Waals surface area contributed by atoms with Crippen molar-refractivity contribution in [2.45, 2.75) is 0 Å². The molecule has 0 atom stereocenters. The molecular formula is C12H13Cl2N3OS. The predicted molar refractivity (Wildman–Crippen MR) is 82.5 cm³/mol. The minimum Gasteiger partial charge on any atom is -0.358 e. The molecule has 0 bridgehead atoms. The zero-order valence-electron chi connectivity index (χ0n) is 10.2. The van der Waals surface area contributed by atoms with E-state index < -0.39 is 0 Å². The average molecular weight is 318 g/mol. The first kappa shape index (κ1) is 15.8. The van der Waals surface area contributed by atoms with Crippen molar-refractivity contribution in [1.29, 1.82) is 0 Å². The van der Waals surface area contributed by atoms with Gasteiger partial charge in [-0.05, 0) is 30.4 Å². The van der Waals surface area contributed by atoms with Crippen LogP contribution in [0, 0.1) is 0 Å². The highest BCUT2D eigenvalue weighted by Gasteiger charge is 2.13. The third-order valence-electron chi connectivity index (χ3n) is 2.15. The fraction of sp³-hybridized carbons (Fsp3) is 0.167. The van der Waals surface area contributed by atoms with Crippen LogP contribution in [0.1, 0.15) is 10.4 Å². The van der Waals surface area contributed by atoms with Gasteiger partial charge in [0.05, 0.1) is 10.6 Å². The first-order valence-electron chi connectivity index (χ1n) is 5.34. The van der Waals surface area contributed by atoms with Gasteiger partial charge in [0.25, 0.3) is 5.91 Å². The molecule has 1 aromatic rings. The lowest BCUT2D eigenvalue weighted by atomic mass is 10.2. The molecule has 1 rings (SSSR count). The van der Waals surface area contributed by atoms with Gasteiger partial charge in [0.15, 0.2) is 5.11 Å². The number of hydrogen-bond donors (Lipinski definition) is 2. The number of amides is 1. The minimum absolute atomic E-state index is 0.281. The molecule has 7 heteroatoms. The lowest BCUT2D eigenvalue weighted by molar-refractivity contribution is 0.0886. The van der Waals surface area contributed by atoms with Gasteiger partial charge in [-0.3, -0.25) is 15.2 Å². The SMILES string of the molecule is C=CCNC(=S)N(C)NC(=O)c1ccc(Cl)cc1Cl. The van der Waals surface area contributed by atoms with E-state index in [-0.39, 0.29) is 10.9 Å². The number of benzene rings is 1. The smallest absolute Gasteiger partial charge is 0.271 e. The van der Waals surface area contributed by atoms with Crippen LogP contribution in [0.5, 0.6) is 0 Å². The van der Waals surface area contributed by atoms with Crippen LogP contribution in [-0.4, -0.2) is 29.6 Å². The quantitative estimate of drug-likeness (QED) is 0.511. The van der Waals surface area contributed by atoms with Crippen molar-refractivity contribution in [3.8, 4) is 0 Å². The number of rotatable bonds is 3. The molecule has 0 unspecified atom stereocenters. The molecular weight excluding hydrogens is 305 g/mol. The maximum atomic E-state index is 12.0. The molecule has 102 valence electrons. The second-order valence-electron chi connectivity index (χ2n) is 3.60. The van der Waals surface area contributed by atoms with Crippen LogP contribution in [0.15, 0.2) is 30.9 Å². The zero-order chi connectivity index (χ0) is 14.4. The van der Waals surface area contributed by atoms with Gasteiger partial charge in [0.2, 0.25) is 0 Å². The van der Waals surface area contributed by atoms with Crippen LogP contribution in [-0.2, 0) is 0 Å². The van der Waals surface area contributed by atoms with E-state index in [0.29, 0.717) is 22.2 Å². The molecule has 0 aliphatic heterocycles. The maximum Gasteiger partial charge on any atom is 0.271 e. The lowest BCUT2D eigenvalue weighted by Crippen LogP contribution is -2.48. The number of thiocarbonyl (C=S) groups is 1. The number of nitrogens with zero attached hydrogens (tertiary/aromatic N) is 1.